The van der Waals surface area contributed by atoms with E-state index in [-0.39, 0.29) is 6.10 Å². The Morgan fingerprint density at radius 1 is 1.21 bits per heavy atom. The molecule has 2 N–H and O–H groups in total. The van der Waals surface area contributed by atoms with Gasteiger partial charge in [-0.1, -0.05) is 6.07 Å². The lowest BCUT2D eigenvalue weighted by Crippen LogP contribution is -2.02. The maximum atomic E-state index is 9.65. The van der Waals surface area contributed by atoms with Crippen LogP contribution in [0.3, 0.4) is 0 Å². The summed E-state index contributed by atoms with van der Waals surface area (Å²) in [5.41, 5.74) is 3.21. The molecule has 2 nitrogen and oxygen atoms in total. The summed E-state index contributed by atoms with van der Waals surface area (Å²) < 4.78 is 0. The van der Waals surface area contributed by atoms with Crippen LogP contribution >= 0.6 is 0 Å². The van der Waals surface area contributed by atoms with Gasteiger partial charge in [0, 0.05) is 0 Å². The number of rotatable bonds is 3. The summed E-state index contributed by atoms with van der Waals surface area (Å²) in [6.45, 7) is 5.77. The first-order valence-electron chi connectivity index (χ1n) is 4.98. The molecule has 0 aliphatic rings. The van der Waals surface area contributed by atoms with E-state index in [1.807, 2.05) is 19.9 Å². The third-order valence-electron chi connectivity index (χ3n) is 2.53. The van der Waals surface area contributed by atoms with Gasteiger partial charge in [0.1, 0.15) is 5.75 Å². The zero-order valence-corrected chi connectivity index (χ0v) is 9.04. The van der Waals surface area contributed by atoms with E-state index in [9.17, 15) is 5.11 Å². The second kappa shape index (κ2) is 4.47. The van der Waals surface area contributed by atoms with Gasteiger partial charge in [-0.2, -0.15) is 0 Å². The van der Waals surface area contributed by atoms with Gasteiger partial charge in [-0.25, -0.2) is 0 Å². The predicted octanol–water partition coefficient (Wildman–Crippen LogP) is 2.32. The Morgan fingerprint density at radius 3 is 2.36 bits per heavy atom. The topological polar surface area (TPSA) is 40.5 Å². The van der Waals surface area contributed by atoms with Gasteiger partial charge in [-0.3, -0.25) is 0 Å². The van der Waals surface area contributed by atoms with Crippen molar-refractivity contribution >= 4 is 0 Å². The van der Waals surface area contributed by atoms with Crippen LogP contribution in [-0.2, 0) is 6.42 Å². The van der Waals surface area contributed by atoms with Gasteiger partial charge < -0.3 is 10.2 Å². The Kier molecular flexibility index (Phi) is 3.53. The van der Waals surface area contributed by atoms with E-state index in [1.165, 1.54) is 5.56 Å². The molecule has 0 amide bonds. The highest BCUT2D eigenvalue weighted by atomic mass is 16.3. The molecule has 0 bridgehead atoms. The largest absolute Gasteiger partial charge is 0.508 e. The third-order valence-corrected chi connectivity index (χ3v) is 2.53. The van der Waals surface area contributed by atoms with Crippen LogP contribution in [0.25, 0.3) is 0 Å². The van der Waals surface area contributed by atoms with E-state index in [1.54, 1.807) is 13.0 Å². The highest BCUT2D eigenvalue weighted by Gasteiger charge is 2.05. The summed E-state index contributed by atoms with van der Waals surface area (Å²) >= 11 is 0. The van der Waals surface area contributed by atoms with Crippen LogP contribution in [0.4, 0.5) is 0 Å². The van der Waals surface area contributed by atoms with Crippen molar-refractivity contribution in [2.45, 2.75) is 39.7 Å². The number of hydrogen-bond acceptors (Lipinski definition) is 2. The summed E-state index contributed by atoms with van der Waals surface area (Å²) in [4.78, 5) is 0. The van der Waals surface area contributed by atoms with Crippen LogP contribution in [0.1, 0.15) is 30.0 Å². The summed E-state index contributed by atoms with van der Waals surface area (Å²) in [6.07, 6.45) is 1.11. The predicted molar refractivity (Wildman–Crippen MR) is 57.6 cm³/mol. The molecule has 0 fully saturated rings. The molecule has 14 heavy (non-hydrogen) atoms. The number of hydrogen-bond donors (Lipinski definition) is 2. The number of benzene rings is 1. The molecule has 1 aromatic rings. The van der Waals surface area contributed by atoms with E-state index in [2.05, 4.69) is 0 Å². The molecule has 0 aromatic heterocycles. The SMILES string of the molecule is Cc1cc(O)c(CC[C@@H](C)O)cc1C. The van der Waals surface area contributed by atoms with E-state index in [0.717, 1.165) is 17.5 Å². The van der Waals surface area contributed by atoms with E-state index in [4.69, 9.17) is 5.11 Å². The fraction of sp³-hybridized carbons (Fsp3) is 0.500. The molecule has 0 heterocycles. The Bertz CT molecular complexity index is 316. The first kappa shape index (κ1) is 11.1. The van der Waals surface area contributed by atoms with Gasteiger partial charge in [0.2, 0.25) is 0 Å². The average molecular weight is 194 g/mol. The minimum atomic E-state index is -0.309. The van der Waals surface area contributed by atoms with Gasteiger partial charge in [0.25, 0.3) is 0 Å². The second-order valence-electron chi connectivity index (χ2n) is 3.95. The van der Waals surface area contributed by atoms with Gasteiger partial charge >= 0.3 is 0 Å². The molecule has 78 valence electrons. The third kappa shape index (κ3) is 2.74. The maximum absolute atomic E-state index is 9.65. The standard InChI is InChI=1S/C12H18O2/c1-8-6-11(5-4-10(3)13)12(14)7-9(8)2/h6-7,10,13-14H,4-5H2,1-3H3/t10-/m1/s1. The van der Waals surface area contributed by atoms with Crippen molar-refractivity contribution in [3.05, 3.63) is 28.8 Å². The lowest BCUT2D eigenvalue weighted by molar-refractivity contribution is 0.184. The molecule has 1 aromatic carbocycles. The molecule has 0 saturated heterocycles. The molecule has 0 radical (unpaired) electrons. The molecule has 0 aliphatic heterocycles. The number of aryl methyl sites for hydroxylation is 3. The fourth-order valence-corrected chi connectivity index (χ4v) is 1.43. The monoisotopic (exact) mass is 194 g/mol. The lowest BCUT2D eigenvalue weighted by Gasteiger charge is -2.09. The zero-order chi connectivity index (χ0) is 10.7. The van der Waals surface area contributed by atoms with Crippen LogP contribution in [-0.4, -0.2) is 16.3 Å². The molecule has 0 aliphatic carbocycles. The highest BCUT2D eigenvalue weighted by molar-refractivity contribution is 5.40. The Morgan fingerprint density at radius 2 is 1.79 bits per heavy atom. The first-order chi connectivity index (χ1) is 6.50. The van der Waals surface area contributed by atoms with Crippen molar-refractivity contribution in [3.8, 4) is 5.75 Å². The maximum Gasteiger partial charge on any atom is 0.119 e. The molecule has 0 saturated carbocycles. The summed E-state index contributed by atoms with van der Waals surface area (Å²) in [5, 5.41) is 18.8. The van der Waals surface area contributed by atoms with Crippen LogP contribution < -0.4 is 0 Å². The van der Waals surface area contributed by atoms with Gasteiger partial charge in [0.15, 0.2) is 0 Å². The Labute approximate surface area is 85.2 Å². The summed E-state index contributed by atoms with van der Waals surface area (Å²) in [6, 6.07) is 3.78. The molecule has 0 spiro atoms. The van der Waals surface area contributed by atoms with Gasteiger partial charge in [0.05, 0.1) is 6.10 Å². The van der Waals surface area contributed by atoms with Crippen LogP contribution in [0.15, 0.2) is 12.1 Å². The summed E-state index contributed by atoms with van der Waals surface area (Å²) in [7, 11) is 0. The van der Waals surface area contributed by atoms with E-state index < -0.39 is 0 Å². The smallest absolute Gasteiger partial charge is 0.119 e. The molecule has 0 unspecified atom stereocenters. The normalized spacial score (nSPS) is 12.9. The van der Waals surface area contributed by atoms with Crippen molar-refractivity contribution in [2.75, 3.05) is 0 Å². The van der Waals surface area contributed by atoms with Crippen LogP contribution in [0, 0.1) is 13.8 Å². The lowest BCUT2D eigenvalue weighted by atomic mass is 10.0. The average Bonchev–Trinajstić information content (AvgIpc) is 2.09. The Hall–Kier alpha value is -1.02. The Balaban J connectivity index is 2.82. The van der Waals surface area contributed by atoms with Gasteiger partial charge in [-0.05, 0) is 56.4 Å². The highest BCUT2D eigenvalue weighted by Crippen LogP contribution is 2.23. The van der Waals surface area contributed by atoms with Crippen molar-refractivity contribution in [3.63, 3.8) is 0 Å². The van der Waals surface area contributed by atoms with Crippen molar-refractivity contribution in [1.29, 1.82) is 0 Å². The van der Waals surface area contributed by atoms with Crippen molar-refractivity contribution in [1.82, 2.24) is 0 Å². The van der Waals surface area contributed by atoms with Crippen LogP contribution in [0.5, 0.6) is 5.75 Å². The molecule has 1 rings (SSSR count). The zero-order valence-electron chi connectivity index (χ0n) is 9.04. The number of phenols is 1. The number of aliphatic hydroxyl groups excluding tert-OH is 1. The van der Waals surface area contributed by atoms with Crippen molar-refractivity contribution in [2.24, 2.45) is 0 Å². The van der Waals surface area contributed by atoms with Crippen molar-refractivity contribution < 1.29 is 10.2 Å². The molecular weight excluding hydrogens is 176 g/mol. The van der Waals surface area contributed by atoms with E-state index >= 15 is 0 Å². The minimum absolute atomic E-state index is 0.309. The number of phenolic OH excluding ortho intramolecular Hbond substituents is 1. The molecule has 2 heteroatoms. The van der Waals surface area contributed by atoms with Crippen LogP contribution in [0.2, 0.25) is 0 Å². The summed E-state index contributed by atoms with van der Waals surface area (Å²) in [5.74, 6) is 0.341. The number of aromatic hydroxyl groups is 1. The second-order valence-corrected chi connectivity index (χ2v) is 3.95. The fourth-order valence-electron chi connectivity index (χ4n) is 1.43. The molecular formula is C12H18O2. The van der Waals surface area contributed by atoms with E-state index in [0.29, 0.717) is 12.2 Å². The first-order valence-corrected chi connectivity index (χ1v) is 4.98. The molecule has 1 atom stereocenters. The van der Waals surface area contributed by atoms with Gasteiger partial charge in [-0.15, -0.1) is 0 Å². The minimum Gasteiger partial charge on any atom is -0.508 e. The number of aliphatic hydroxyl groups is 1. The quantitative estimate of drug-likeness (QED) is 0.775.